The maximum absolute atomic E-state index is 11.6. The lowest BCUT2D eigenvalue weighted by atomic mass is 9.88. The van der Waals surface area contributed by atoms with Crippen LogP contribution >= 0.6 is 0 Å². The monoisotopic (exact) mass is 307 g/mol. The molecular formula is C13H25NO5S. The van der Waals surface area contributed by atoms with Gasteiger partial charge in [0.2, 0.25) is 0 Å². The molecule has 1 heterocycles. The first-order valence-electron chi connectivity index (χ1n) is 6.91. The van der Waals surface area contributed by atoms with Crippen LogP contribution in [0.5, 0.6) is 0 Å². The first-order chi connectivity index (χ1) is 9.13. The normalized spacial score (nSPS) is 26.6. The Hall–Kier alpha value is -0.820. The number of ether oxygens (including phenoxy) is 1. The van der Waals surface area contributed by atoms with Gasteiger partial charge in [-0.25, -0.2) is 13.2 Å². The predicted octanol–water partition coefficient (Wildman–Crippen LogP) is 0.944. The van der Waals surface area contributed by atoms with E-state index < -0.39 is 21.5 Å². The van der Waals surface area contributed by atoms with Crippen molar-refractivity contribution < 1.29 is 23.1 Å². The lowest BCUT2D eigenvalue weighted by molar-refractivity contribution is 0.0505. The van der Waals surface area contributed by atoms with E-state index in [1.54, 1.807) is 20.8 Å². The summed E-state index contributed by atoms with van der Waals surface area (Å²) < 4.78 is 28.4. The van der Waals surface area contributed by atoms with E-state index >= 15 is 0 Å². The Morgan fingerprint density at radius 3 is 2.30 bits per heavy atom. The number of sulfone groups is 1. The molecule has 0 spiro atoms. The fourth-order valence-corrected chi connectivity index (χ4v) is 3.80. The van der Waals surface area contributed by atoms with Crippen LogP contribution in [-0.2, 0) is 14.6 Å². The molecule has 0 aromatic carbocycles. The summed E-state index contributed by atoms with van der Waals surface area (Å²) in [6, 6.07) is 0. The first-order valence-corrected chi connectivity index (χ1v) is 8.73. The Morgan fingerprint density at radius 2 is 1.80 bits per heavy atom. The minimum absolute atomic E-state index is 0.0372. The topological polar surface area (TPSA) is 92.7 Å². The molecule has 0 unspecified atom stereocenters. The molecule has 0 bridgehead atoms. The van der Waals surface area contributed by atoms with Crippen molar-refractivity contribution >= 4 is 15.9 Å². The average molecular weight is 307 g/mol. The van der Waals surface area contributed by atoms with Gasteiger partial charge in [0.05, 0.1) is 11.5 Å². The number of aliphatic hydroxyl groups excluding tert-OH is 1. The molecule has 1 saturated heterocycles. The fraction of sp³-hybridized carbons (Fsp3) is 0.923. The predicted molar refractivity (Wildman–Crippen MR) is 76.2 cm³/mol. The van der Waals surface area contributed by atoms with Gasteiger partial charge in [-0.1, -0.05) is 0 Å². The first kappa shape index (κ1) is 17.2. The Labute approximate surface area is 120 Å². The van der Waals surface area contributed by atoms with E-state index in [1.807, 2.05) is 0 Å². The van der Waals surface area contributed by atoms with Gasteiger partial charge >= 0.3 is 6.09 Å². The molecule has 1 amide bonds. The number of rotatable bonds is 3. The SMILES string of the molecule is CC(C)(C)OC(=O)NC[C@@H]1CCS(=O)(=O)CC[C@@H]1CO. The zero-order valence-corrected chi connectivity index (χ0v) is 13.2. The number of hydrogen-bond donors (Lipinski definition) is 2. The highest BCUT2D eigenvalue weighted by atomic mass is 32.2. The Bertz CT molecular complexity index is 427. The summed E-state index contributed by atoms with van der Waals surface area (Å²) >= 11 is 0. The van der Waals surface area contributed by atoms with Gasteiger partial charge in [0, 0.05) is 13.2 Å². The highest BCUT2D eigenvalue weighted by Crippen LogP contribution is 2.24. The van der Waals surface area contributed by atoms with Gasteiger partial charge in [-0.15, -0.1) is 0 Å². The van der Waals surface area contributed by atoms with E-state index in [2.05, 4.69) is 5.32 Å². The molecule has 0 radical (unpaired) electrons. The zero-order valence-electron chi connectivity index (χ0n) is 12.4. The summed E-state index contributed by atoms with van der Waals surface area (Å²) in [4.78, 5) is 11.6. The van der Waals surface area contributed by atoms with E-state index in [0.29, 0.717) is 19.4 Å². The van der Waals surface area contributed by atoms with Crippen LogP contribution in [0.4, 0.5) is 4.79 Å². The van der Waals surface area contributed by atoms with E-state index in [4.69, 9.17) is 4.74 Å². The summed E-state index contributed by atoms with van der Waals surface area (Å²) in [5.41, 5.74) is -0.562. The second-order valence-electron chi connectivity index (χ2n) is 6.31. The molecule has 1 fully saturated rings. The summed E-state index contributed by atoms with van der Waals surface area (Å²) in [6.45, 7) is 5.61. The standard InChI is InChI=1S/C13H25NO5S/c1-13(2,3)19-12(16)14-8-10-4-6-20(17,18)7-5-11(10)9-15/h10-11,15H,4-9H2,1-3H3,(H,14,16)/t10-,11+/m0/s1. The van der Waals surface area contributed by atoms with Gasteiger partial charge in [0.25, 0.3) is 0 Å². The number of amides is 1. The summed E-state index contributed by atoms with van der Waals surface area (Å²) in [5, 5.41) is 12.0. The van der Waals surface area contributed by atoms with Gasteiger partial charge in [-0.3, -0.25) is 0 Å². The van der Waals surface area contributed by atoms with Crippen LogP contribution in [0.3, 0.4) is 0 Å². The van der Waals surface area contributed by atoms with Gasteiger partial charge in [-0.05, 0) is 45.4 Å². The van der Waals surface area contributed by atoms with Crippen molar-refractivity contribution in [3.05, 3.63) is 0 Å². The molecule has 7 heteroatoms. The van der Waals surface area contributed by atoms with Crippen LogP contribution < -0.4 is 5.32 Å². The van der Waals surface area contributed by atoms with Gasteiger partial charge in [0.1, 0.15) is 15.4 Å². The van der Waals surface area contributed by atoms with Crippen molar-refractivity contribution in [2.75, 3.05) is 24.7 Å². The molecule has 0 aliphatic carbocycles. The van der Waals surface area contributed by atoms with E-state index in [-0.39, 0.29) is 29.9 Å². The average Bonchev–Trinajstić information content (AvgIpc) is 2.43. The maximum Gasteiger partial charge on any atom is 0.407 e. The van der Waals surface area contributed by atoms with E-state index in [9.17, 15) is 18.3 Å². The van der Waals surface area contributed by atoms with Crippen LogP contribution in [-0.4, -0.2) is 49.9 Å². The fourth-order valence-electron chi connectivity index (χ4n) is 2.27. The van der Waals surface area contributed by atoms with Crippen molar-refractivity contribution in [2.24, 2.45) is 11.8 Å². The molecule has 2 N–H and O–H groups in total. The van der Waals surface area contributed by atoms with Crippen LogP contribution in [0.25, 0.3) is 0 Å². The molecule has 20 heavy (non-hydrogen) atoms. The van der Waals surface area contributed by atoms with Crippen molar-refractivity contribution in [1.29, 1.82) is 0 Å². The van der Waals surface area contributed by atoms with Crippen LogP contribution in [0.1, 0.15) is 33.6 Å². The quantitative estimate of drug-likeness (QED) is 0.809. The van der Waals surface area contributed by atoms with Gasteiger partial charge < -0.3 is 15.2 Å². The molecule has 1 aliphatic rings. The Balaban J connectivity index is 2.54. The molecule has 6 nitrogen and oxygen atoms in total. The molecule has 0 aromatic rings. The second-order valence-corrected chi connectivity index (χ2v) is 8.62. The molecule has 0 saturated carbocycles. The number of alkyl carbamates (subject to hydrolysis) is 1. The molecule has 118 valence electrons. The number of aliphatic hydroxyl groups is 1. The van der Waals surface area contributed by atoms with Gasteiger partial charge in [0.15, 0.2) is 0 Å². The van der Waals surface area contributed by atoms with Crippen molar-refractivity contribution in [2.45, 2.75) is 39.2 Å². The minimum atomic E-state index is -3.02. The highest BCUT2D eigenvalue weighted by Gasteiger charge is 2.29. The maximum atomic E-state index is 11.6. The number of carbonyl (C=O) groups is 1. The smallest absolute Gasteiger partial charge is 0.407 e. The zero-order chi connectivity index (χ0) is 15.4. The van der Waals surface area contributed by atoms with Crippen LogP contribution in [0, 0.1) is 11.8 Å². The number of hydrogen-bond acceptors (Lipinski definition) is 5. The third-order valence-electron chi connectivity index (χ3n) is 3.41. The minimum Gasteiger partial charge on any atom is -0.444 e. The Kier molecular flexibility index (Phi) is 5.82. The second kappa shape index (κ2) is 6.76. The lowest BCUT2D eigenvalue weighted by Crippen LogP contribution is -2.37. The summed E-state index contributed by atoms with van der Waals surface area (Å²) in [5.74, 6) is 0.0951. The molecule has 1 aliphatic heterocycles. The van der Waals surface area contributed by atoms with Gasteiger partial charge in [-0.2, -0.15) is 0 Å². The third kappa shape index (κ3) is 6.09. The van der Waals surface area contributed by atoms with Crippen molar-refractivity contribution in [3.63, 3.8) is 0 Å². The molecule has 2 atom stereocenters. The van der Waals surface area contributed by atoms with E-state index in [0.717, 1.165) is 0 Å². The Morgan fingerprint density at radius 1 is 1.25 bits per heavy atom. The lowest BCUT2D eigenvalue weighted by Gasteiger charge is -2.24. The van der Waals surface area contributed by atoms with Crippen molar-refractivity contribution in [1.82, 2.24) is 5.32 Å². The third-order valence-corrected chi connectivity index (χ3v) is 5.12. The van der Waals surface area contributed by atoms with Crippen molar-refractivity contribution in [3.8, 4) is 0 Å². The van der Waals surface area contributed by atoms with E-state index in [1.165, 1.54) is 0 Å². The summed E-state index contributed by atoms with van der Waals surface area (Å²) in [6.07, 6.45) is 0.393. The van der Waals surface area contributed by atoms with Crippen LogP contribution in [0.15, 0.2) is 0 Å². The molecule has 0 aromatic heterocycles. The summed E-state index contributed by atoms with van der Waals surface area (Å²) in [7, 11) is -3.02. The largest absolute Gasteiger partial charge is 0.444 e. The number of nitrogens with one attached hydrogen (secondary N) is 1. The van der Waals surface area contributed by atoms with Crippen LogP contribution in [0.2, 0.25) is 0 Å². The molecular weight excluding hydrogens is 282 g/mol. The number of carbonyl (C=O) groups excluding carboxylic acids is 1. The molecule has 1 rings (SSSR count). The highest BCUT2D eigenvalue weighted by molar-refractivity contribution is 7.91.